The smallest absolute Gasteiger partial charge is 0.224 e. The van der Waals surface area contributed by atoms with Crippen LogP contribution in [-0.4, -0.2) is 42.0 Å². The van der Waals surface area contributed by atoms with Crippen molar-refractivity contribution in [2.24, 2.45) is 5.92 Å². The quantitative estimate of drug-likeness (QED) is 0.837. The Balaban J connectivity index is 1.89. The van der Waals surface area contributed by atoms with Gasteiger partial charge in [0.05, 0.1) is 11.6 Å². The van der Waals surface area contributed by atoms with Crippen LogP contribution in [0, 0.1) is 5.92 Å². The maximum absolute atomic E-state index is 12.0. The van der Waals surface area contributed by atoms with Crippen LogP contribution in [0.15, 0.2) is 5.38 Å². The first kappa shape index (κ1) is 17.4. The van der Waals surface area contributed by atoms with Gasteiger partial charge in [-0.15, -0.1) is 11.3 Å². The third kappa shape index (κ3) is 4.76. The molecule has 2 heterocycles. The Labute approximate surface area is 137 Å². The number of carbonyl (C=O) groups is 1. The van der Waals surface area contributed by atoms with Crippen molar-refractivity contribution < 1.29 is 9.53 Å². The standard InChI is InChI=1S/C16H27N3O2S/c1-4-17-15(20)13-7-6-8-19(9-13)10-14-11-22-16(18-14)12(3)21-5-2/h11-13H,4-10H2,1-3H3,(H,17,20)/t12-,13+/m0/s1. The third-order valence-electron chi connectivity index (χ3n) is 3.95. The van der Waals surface area contributed by atoms with Gasteiger partial charge in [0.1, 0.15) is 11.1 Å². The van der Waals surface area contributed by atoms with Crippen LogP contribution in [0.3, 0.4) is 0 Å². The van der Waals surface area contributed by atoms with E-state index in [0.717, 1.165) is 43.2 Å². The van der Waals surface area contributed by atoms with Crippen molar-refractivity contribution in [2.75, 3.05) is 26.2 Å². The third-order valence-corrected chi connectivity index (χ3v) is 5.00. The lowest BCUT2D eigenvalue weighted by Gasteiger charge is -2.31. The Morgan fingerprint density at radius 1 is 1.59 bits per heavy atom. The number of amides is 1. The molecule has 1 amide bonds. The van der Waals surface area contributed by atoms with E-state index in [4.69, 9.17) is 4.74 Å². The lowest BCUT2D eigenvalue weighted by atomic mass is 9.97. The Kier molecular flexibility index (Phi) is 6.79. The van der Waals surface area contributed by atoms with Crippen LogP contribution in [0.4, 0.5) is 0 Å². The number of thiazole rings is 1. The Morgan fingerprint density at radius 2 is 2.41 bits per heavy atom. The second kappa shape index (κ2) is 8.60. The molecule has 1 aliphatic rings. The maximum Gasteiger partial charge on any atom is 0.224 e. The maximum atomic E-state index is 12.0. The lowest BCUT2D eigenvalue weighted by Crippen LogP contribution is -2.42. The minimum atomic E-state index is 0.0631. The number of hydrogen-bond donors (Lipinski definition) is 1. The molecule has 2 rings (SSSR count). The highest BCUT2D eigenvalue weighted by Gasteiger charge is 2.25. The van der Waals surface area contributed by atoms with E-state index in [1.54, 1.807) is 11.3 Å². The summed E-state index contributed by atoms with van der Waals surface area (Å²) < 4.78 is 5.59. The molecule has 0 unspecified atom stereocenters. The average molecular weight is 325 g/mol. The Bertz CT molecular complexity index is 478. The summed E-state index contributed by atoms with van der Waals surface area (Å²) in [6.07, 6.45) is 2.13. The van der Waals surface area contributed by atoms with Crippen molar-refractivity contribution in [3.63, 3.8) is 0 Å². The van der Waals surface area contributed by atoms with E-state index in [1.807, 2.05) is 20.8 Å². The van der Waals surface area contributed by atoms with Gasteiger partial charge in [-0.05, 0) is 40.2 Å². The van der Waals surface area contributed by atoms with Gasteiger partial charge in [0.2, 0.25) is 5.91 Å². The summed E-state index contributed by atoms with van der Waals surface area (Å²) in [6.45, 7) is 10.1. The first-order valence-electron chi connectivity index (χ1n) is 8.20. The second-order valence-corrected chi connectivity index (χ2v) is 6.63. The molecule has 0 spiro atoms. The van der Waals surface area contributed by atoms with Gasteiger partial charge < -0.3 is 10.1 Å². The highest BCUT2D eigenvalue weighted by atomic mass is 32.1. The van der Waals surface area contributed by atoms with Crippen molar-refractivity contribution in [1.29, 1.82) is 0 Å². The van der Waals surface area contributed by atoms with Crippen molar-refractivity contribution >= 4 is 17.2 Å². The van der Waals surface area contributed by atoms with Crippen LogP contribution < -0.4 is 5.32 Å². The molecule has 1 saturated heterocycles. The molecule has 0 radical (unpaired) electrons. The van der Waals surface area contributed by atoms with Crippen molar-refractivity contribution in [2.45, 2.75) is 46.3 Å². The number of rotatable bonds is 7. The monoisotopic (exact) mass is 325 g/mol. The molecule has 0 aliphatic carbocycles. The molecule has 1 aromatic rings. The number of hydrogen-bond acceptors (Lipinski definition) is 5. The normalized spacial score (nSPS) is 20.8. The van der Waals surface area contributed by atoms with Crippen LogP contribution in [0.2, 0.25) is 0 Å². The van der Waals surface area contributed by atoms with Gasteiger partial charge in [-0.3, -0.25) is 9.69 Å². The summed E-state index contributed by atoms with van der Waals surface area (Å²) in [5.74, 6) is 0.310. The van der Waals surface area contributed by atoms with Crippen molar-refractivity contribution in [3.05, 3.63) is 16.1 Å². The van der Waals surface area contributed by atoms with E-state index >= 15 is 0 Å². The zero-order chi connectivity index (χ0) is 15.9. The number of likely N-dealkylation sites (tertiary alicyclic amines) is 1. The highest BCUT2D eigenvalue weighted by Crippen LogP contribution is 2.23. The van der Waals surface area contributed by atoms with E-state index < -0.39 is 0 Å². The van der Waals surface area contributed by atoms with E-state index in [0.29, 0.717) is 13.2 Å². The fourth-order valence-corrected chi connectivity index (χ4v) is 3.68. The summed E-state index contributed by atoms with van der Waals surface area (Å²) in [4.78, 5) is 19.0. The van der Waals surface area contributed by atoms with Crippen molar-refractivity contribution in [3.8, 4) is 0 Å². The first-order valence-corrected chi connectivity index (χ1v) is 9.08. The molecule has 0 bridgehead atoms. The predicted octanol–water partition coefficient (Wildman–Crippen LogP) is 2.59. The second-order valence-electron chi connectivity index (χ2n) is 5.74. The zero-order valence-corrected chi connectivity index (χ0v) is 14.6. The minimum absolute atomic E-state index is 0.0631. The SMILES string of the molecule is CCNC(=O)[C@@H]1CCCN(Cc2csc([C@H](C)OCC)n2)C1. The van der Waals surface area contributed by atoms with E-state index in [-0.39, 0.29) is 17.9 Å². The predicted molar refractivity (Wildman–Crippen MR) is 88.8 cm³/mol. The molecular weight excluding hydrogens is 298 g/mol. The number of aromatic nitrogens is 1. The van der Waals surface area contributed by atoms with E-state index in [1.165, 1.54) is 0 Å². The summed E-state index contributed by atoms with van der Waals surface area (Å²) in [5, 5.41) is 6.08. The molecule has 1 aromatic heterocycles. The summed E-state index contributed by atoms with van der Waals surface area (Å²) in [5.41, 5.74) is 1.09. The topological polar surface area (TPSA) is 54.5 Å². The van der Waals surface area contributed by atoms with Crippen LogP contribution in [0.25, 0.3) is 0 Å². The van der Waals surface area contributed by atoms with Gasteiger partial charge in [-0.25, -0.2) is 4.98 Å². The summed E-state index contributed by atoms with van der Waals surface area (Å²) in [6, 6.07) is 0. The van der Waals surface area contributed by atoms with Gasteiger partial charge in [-0.2, -0.15) is 0 Å². The molecular formula is C16H27N3O2S. The lowest BCUT2D eigenvalue weighted by molar-refractivity contribution is -0.126. The average Bonchev–Trinajstić information content (AvgIpc) is 2.97. The first-order chi connectivity index (χ1) is 10.6. The number of piperidine rings is 1. The van der Waals surface area contributed by atoms with Crippen LogP contribution in [-0.2, 0) is 16.1 Å². The number of carbonyl (C=O) groups excluding carboxylic acids is 1. The van der Waals surface area contributed by atoms with Crippen LogP contribution >= 0.6 is 11.3 Å². The Hall–Kier alpha value is -0.980. The number of nitrogens with one attached hydrogen (secondary N) is 1. The Morgan fingerprint density at radius 3 is 3.14 bits per heavy atom. The molecule has 5 nitrogen and oxygen atoms in total. The summed E-state index contributed by atoms with van der Waals surface area (Å²) in [7, 11) is 0. The molecule has 0 aromatic carbocycles. The molecule has 1 N–H and O–H groups in total. The number of nitrogens with zero attached hydrogens (tertiary/aromatic N) is 2. The molecule has 2 atom stereocenters. The van der Waals surface area contributed by atoms with Gasteiger partial charge in [0.25, 0.3) is 0 Å². The van der Waals surface area contributed by atoms with Crippen LogP contribution in [0.1, 0.15) is 50.4 Å². The number of ether oxygens (including phenoxy) is 1. The van der Waals surface area contributed by atoms with Crippen molar-refractivity contribution in [1.82, 2.24) is 15.2 Å². The van der Waals surface area contributed by atoms with Gasteiger partial charge >= 0.3 is 0 Å². The molecule has 1 fully saturated rings. The molecule has 22 heavy (non-hydrogen) atoms. The van der Waals surface area contributed by atoms with E-state index in [2.05, 4.69) is 20.6 Å². The largest absolute Gasteiger partial charge is 0.372 e. The zero-order valence-electron chi connectivity index (χ0n) is 13.8. The molecule has 6 heteroatoms. The minimum Gasteiger partial charge on any atom is -0.372 e. The van der Waals surface area contributed by atoms with Gasteiger partial charge in [0.15, 0.2) is 0 Å². The van der Waals surface area contributed by atoms with E-state index in [9.17, 15) is 4.79 Å². The summed E-state index contributed by atoms with van der Waals surface area (Å²) >= 11 is 1.66. The fourth-order valence-electron chi connectivity index (χ4n) is 2.86. The molecule has 1 aliphatic heterocycles. The van der Waals surface area contributed by atoms with Gasteiger partial charge in [0, 0.05) is 31.6 Å². The van der Waals surface area contributed by atoms with Crippen LogP contribution in [0.5, 0.6) is 0 Å². The molecule has 0 saturated carbocycles. The molecule has 124 valence electrons. The fraction of sp³-hybridized carbons (Fsp3) is 0.750. The highest BCUT2D eigenvalue weighted by molar-refractivity contribution is 7.09. The van der Waals surface area contributed by atoms with Gasteiger partial charge in [-0.1, -0.05) is 0 Å².